The zero-order valence-electron chi connectivity index (χ0n) is 15.2. The maximum atomic E-state index is 12.3. The summed E-state index contributed by atoms with van der Waals surface area (Å²) in [5, 5.41) is 3.10. The van der Waals surface area contributed by atoms with E-state index in [1.54, 1.807) is 11.8 Å². The second kappa shape index (κ2) is 8.17. The molecule has 1 heterocycles. The highest BCUT2D eigenvalue weighted by Crippen LogP contribution is 2.28. The molecule has 0 radical (unpaired) electrons. The van der Waals surface area contributed by atoms with Crippen LogP contribution in [0.4, 0.5) is 5.69 Å². The molecule has 0 spiro atoms. The van der Waals surface area contributed by atoms with Crippen LogP contribution in [0.1, 0.15) is 36.0 Å². The normalized spacial score (nSPS) is 15.9. The Morgan fingerprint density at radius 1 is 1.00 bits per heavy atom. The molecule has 4 rings (SSSR count). The Balaban J connectivity index is 1.30. The van der Waals surface area contributed by atoms with E-state index in [1.807, 2.05) is 0 Å². The SMILES string of the molecule is O=C(CSc1ccc2c(c1)CCC2)NCc1ccccc1N1CCCC1. The lowest BCUT2D eigenvalue weighted by Gasteiger charge is -2.21. The van der Waals surface area contributed by atoms with Gasteiger partial charge in [-0.25, -0.2) is 0 Å². The van der Waals surface area contributed by atoms with E-state index in [0.29, 0.717) is 12.3 Å². The summed E-state index contributed by atoms with van der Waals surface area (Å²) in [4.78, 5) is 15.9. The van der Waals surface area contributed by atoms with Gasteiger partial charge in [0.1, 0.15) is 0 Å². The van der Waals surface area contributed by atoms with E-state index in [9.17, 15) is 4.79 Å². The smallest absolute Gasteiger partial charge is 0.230 e. The van der Waals surface area contributed by atoms with E-state index in [-0.39, 0.29) is 5.91 Å². The quantitative estimate of drug-likeness (QED) is 0.778. The largest absolute Gasteiger partial charge is 0.371 e. The van der Waals surface area contributed by atoms with Gasteiger partial charge in [-0.15, -0.1) is 11.8 Å². The number of hydrogen-bond donors (Lipinski definition) is 1. The first-order valence-corrected chi connectivity index (χ1v) is 10.6. The minimum Gasteiger partial charge on any atom is -0.371 e. The van der Waals surface area contributed by atoms with Crippen molar-refractivity contribution < 1.29 is 4.79 Å². The first kappa shape index (κ1) is 17.5. The molecule has 1 N–H and O–H groups in total. The van der Waals surface area contributed by atoms with Crippen molar-refractivity contribution in [1.29, 1.82) is 0 Å². The lowest BCUT2D eigenvalue weighted by atomic mass is 10.1. The monoisotopic (exact) mass is 366 g/mol. The predicted octanol–water partition coefficient (Wildman–Crippen LogP) is 4.18. The molecule has 1 aliphatic heterocycles. The number of nitrogens with one attached hydrogen (secondary N) is 1. The average Bonchev–Trinajstić information content (AvgIpc) is 3.36. The molecule has 1 saturated heterocycles. The summed E-state index contributed by atoms with van der Waals surface area (Å²) in [5.41, 5.74) is 5.44. The molecule has 0 aromatic heterocycles. The first-order valence-electron chi connectivity index (χ1n) is 9.64. The Kier molecular flexibility index (Phi) is 5.49. The second-order valence-corrected chi connectivity index (χ2v) is 8.22. The van der Waals surface area contributed by atoms with E-state index in [4.69, 9.17) is 0 Å². The van der Waals surface area contributed by atoms with E-state index in [1.165, 1.54) is 59.4 Å². The Morgan fingerprint density at radius 2 is 1.81 bits per heavy atom. The molecule has 1 fully saturated rings. The summed E-state index contributed by atoms with van der Waals surface area (Å²) in [6.07, 6.45) is 6.18. The summed E-state index contributed by atoms with van der Waals surface area (Å²) in [6.45, 7) is 2.86. The van der Waals surface area contributed by atoms with Gasteiger partial charge in [0.05, 0.1) is 5.75 Å². The zero-order chi connectivity index (χ0) is 17.8. The lowest BCUT2D eigenvalue weighted by molar-refractivity contribution is -0.118. The molecule has 1 aliphatic carbocycles. The third-order valence-electron chi connectivity index (χ3n) is 5.35. The second-order valence-electron chi connectivity index (χ2n) is 7.17. The highest BCUT2D eigenvalue weighted by Gasteiger charge is 2.16. The minimum atomic E-state index is 0.103. The molecular weight excluding hydrogens is 340 g/mol. The van der Waals surface area contributed by atoms with Crippen LogP contribution in [-0.4, -0.2) is 24.7 Å². The standard InChI is InChI=1S/C22H26N2OS/c25-22(16-26-20-11-10-17-7-5-8-18(17)14-20)23-15-19-6-1-2-9-21(19)24-12-3-4-13-24/h1-2,6,9-11,14H,3-5,7-8,12-13,15-16H2,(H,23,25). The van der Waals surface area contributed by atoms with Crippen molar-refractivity contribution in [2.45, 2.75) is 43.5 Å². The summed E-state index contributed by atoms with van der Waals surface area (Å²) in [6, 6.07) is 15.1. The molecule has 4 heteroatoms. The van der Waals surface area contributed by atoms with Crippen LogP contribution in [0, 0.1) is 0 Å². The van der Waals surface area contributed by atoms with Gasteiger partial charge in [0.25, 0.3) is 0 Å². The van der Waals surface area contributed by atoms with E-state index in [2.05, 4.69) is 52.7 Å². The number of anilines is 1. The zero-order valence-corrected chi connectivity index (χ0v) is 16.0. The van der Waals surface area contributed by atoms with Crippen molar-refractivity contribution in [3.63, 3.8) is 0 Å². The number of hydrogen-bond acceptors (Lipinski definition) is 3. The molecule has 26 heavy (non-hydrogen) atoms. The highest BCUT2D eigenvalue weighted by molar-refractivity contribution is 8.00. The fourth-order valence-corrected chi connectivity index (χ4v) is 4.75. The molecule has 2 aromatic rings. The topological polar surface area (TPSA) is 32.3 Å². The molecule has 0 unspecified atom stereocenters. The van der Waals surface area contributed by atoms with Gasteiger partial charge in [-0.2, -0.15) is 0 Å². The van der Waals surface area contributed by atoms with Crippen LogP contribution < -0.4 is 10.2 Å². The van der Waals surface area contributed by atoms with Crippen LogP contribution in [0.5, 0.6) is 0 Å². The number of nitrogens with zero attached hydrogens (tertiary/aromatic N) is 1. The van der Waals surface area contributed by atoms with Gasteiger partial charge in [0.2, 0.25) is 5.91 Å². The summed E-state index contributed by atoms with van der Waals surface area (Å²) in [7, 11) is 0. The van der Waals surface area contributed by atoms with Crippen LogP contribution in [0.15, 0.2) is 47.4 Å². The van der Waals surface area contributed by atoms with Gasteiger partial charge < -0.3 is 10.2 Å². The number of fused-ring (bicyclic) bond motifs is 1. The molecule has 2 aliphatic rings. The lowest BCUT2D eigenvalue weighted by Crippen LogP contribution is -2.26. The van der Waals surface area contributed by atoms with Crippen LogP contribution in [-0.2, 0) is 24.2 Å². The number of para-hydroxylation sites is 1. The number of carbonyl (C=O) groups excluding carboxylic acids is 1. The number of amides is 1. The maximum Gasteiger partial charge on any atom is 0.230 e. The van der Waals surface area contributed by atoms with Gasteiger partial charge in [0.15, 0.2) is 0 Å². The summed E-state index contributed by atoms with van der Waals surface area (Å²) < 4.78 is 0. The van der Waals surface area contributed by atoms with Crippen molar-refractivity contribution in [2.75, 3.05) is 23.7 Å². The number of aryl methyl sites for hydroxylation is 2. The molecule has 0 atom stereocenters. The van der Waals surface area contributed by atoms with Gasteiger partial charge in [-0.05, 0) is 67.0 Å². The third kappa shape index (κ3) is 4.07. The van der Waals surface area contributed by atoms with Crippen molar-refractivity contribution in [3.05, 3.63) is 59.2 Å². The van der Waals surface area contributed by atoms with Crippen molar-refractivity contribution >= 4 is 23.4 Å². The van der Waals surface area contributed by atoms with Crippen LogP contribution in [0.2, 0.25) is 0 Å². The van der Waals surface area contributed by atoms with Crippen LogP contribution >= 0.6 is 11.8 Å². The molecule has 136 valence electrons. The first-order chi connectivity index (χ1) is 12.8. The molecule has 1 amide bonds. The van der Waals surface area contributed by atoms with E-state index < -0.39 is 0 Å². The molecule has 2 aromatic carbocycles. The Hall–Kier alpha value is -1.94. The Morgan fingerprint density at radius 3 is 2.69 bits per heavy atom. The average molecular weight is 367 g/mol. The molecule has 0 saturated carbocycles. The molecule has 0 bridgehead atoms. The number of benzene rings is 2. The van der Waals surface area contributed by atoms with Gasteiger partial charge >= 0.3 is 0 Å². The van der Waals surface area contributed by atoms with Crippen molar-refractivity contribution in [3.8, 4) is 0 Å². The van der Waals surface area contributed by atoms with Gasteiger partial charge in [-0.3, -0.25) is 4.79 Å². The number of rotatable bonds is 6. The maximum absolute atomic E-state index is 12.3. The minimum absolute atomic E-state index is 0.103. The van der Waals surface area contributed by atoms with Crippen molar-refractivity contribution in [1.82, 2.24) is 5.32 Å². The predicted molar refractivity (Wildman–Crippen MR) is 109 cm³/mol. The third-order valence-corrected chi connectivity index (χ3v) is 6.35. The fraction of sp³-hybridized carbons (Fsp3) is 0.409. The summed E-state index contributed by atoms with van der Waals surface area (Å²) >= 11 is 1.64. The number of carbonyl (C=O) groups is 1. The molecular formula is C22H26N2OS. The van der Waals surface area contributed by atoms with Crippen LogP contribution in [0.3, 0.4) is 0 Å². The van der Waals surface area contributed by atoms with Crippen LogP contribution in [0.25, 0.3) is 0 Å². The number of thioether (sulfide) groups is 1. The molecule has 3 nitrogen and oxygen atoms in total. The fourth-order valence-electron chi connectivity index (χ4n) is 3.96. The Labute approximate surface area is 160 Å². The summed E-state index contributed by atoms with van der Waals surface area (Å²) in [5.74, 6) is 0.580. The Bertz CT molecular complexity index is 783. The van der Waals surface area contributed by atoms with Crippen molar-refractivity contribution in [2.24, 2.45) is 0 Å². The van der Waals surface area contributed by atoms with Gasteiger partial charge in [-0.1, -0.05) is 24.3 Å². The van der Waals surface area contributed by atoms with E-state index >= 15 is 0 Å². The highest BCUT2D eigenvalue weighted by atomic mass is 32.2. The van der Waals surface area contributed by atoms with Gasteiger partial charge in [0, 0.05) is 30.2 Å². The van der Waals surface area contributed by atoms with E-state index in [0.717, 1.165) is 13.1 Å².